The quantitative estimate of drug-likeness (QED) is 0.373. The first-order valence-electron chi connectivity index (χ1n) is 7.85. The van der Waals surface area contributed by atoms with Crippen LogP contribution < -0.4 is 0 Å². The van der Waals surface area contributed by atoms with Gasteiger partial charge in [0.2, 0.25) is 0 Å². The van der Waals surface area contributed by atoms with E-state index >= 15 is 0 Å². The minimum absolute atomic E-state index is 0.871. The van der Waals surface area contributed by atoms with Crippen molar-refractivity contribution in [1.29, 1.82) is 0 Å². The van der Waals surface area contributed by atoms with E-state index in [0.29, 0.717) is 0 Å². The first-order chi connectivity index (χ1) is 11.9. The Morgan fingerprint density at radius 1 is 0.750 bits per heavy atom. The zero-order valence-electron chi connectivity index (χ0n) is 12.6. The Hall–Kier alpha value is -3.40. The van der Waals surface area contributed by atoms with Gasteiger partial charge in [-0.25, -0.2) is 4.98 Å². The molecule has 4 heteroatoms. The zero-order chi connectivity index (χ0) is 15.7. The Balaban J connectivity index is 2.06. The van der Waals surface area contributed by atoms with Crippen molar-refractivity contribution in [2.45, 2.75) is 0 Å². The van der Waals surface area contributed by atoms with Crippen LogP contribution in [0.1, 0.15) is 0 Å². The predicted octanol–water partition coefficient (Wildman–Crippen LogP) is 4.94. The number of pyridine rings is 2. The first-order valence-corrected chi connectivity index (χ1v) is 7.85. The Kier molecular flexibility index (Phi) is 2.07. The molecule has 0 aliphatic rings. The van der Waals surface area contributed by atoms with Gasteiger partial charge in [0.05, 0.1) is 10.9 Å². The van der Waals surface area contributed by atoms with Crippen LogP contribution in [0.3, 0.4) is 0 Å². The molecule has 6 rings (SSSR count). The molecule has 0 amide bonds. The molecule has 24 heavy (non-hydrogen) atoms. The average Bonchev–Trinajstić information content (AvgIpc) is 3.26. The van der Waals surface area contributed by atoms with E-state index in [0.717, 1.165) is 49.4 Å². The maximum Gasteiger partial charge on any atom is 0.163 e. The predicted molar refractivity (Wildman–Crippen MR) is 95.3 cm³/mol. The summed E-state index contributed by atoms with van der Waals surface area (Å²) in [6.45, 7) is 0. The molecule has 0 fully saturated rings. The molecule has 0 saturated heterocycles. The lowest BCUT2D eigenvalue weighted by Gasteiger charge is -2.08. The Morgan fingerprint density at radius 3 is 2.67 bits per heavy atom. The largest absolute Gasteiger partial charge is 0.456 e. The Bertz CT molecular complexity index is 1410. The van der Waals surface area contributed by atoms with Crippen molar-refractivity contribution in [2.75, 3.05) is 0 Å². The number of hydrogen-bond acceptors (Lipinski definition) is 3. The molecule has 0 saturated carbocycles. The SMILES string of the molecule is c1ccc2c(c1)oc1ccc3c4cccnc4c4nccn4c3c12. The third-order valence-corrected chi connectivity index (χ3v) is 4.71. The van der Waals surface area contributed by atoms with Crippen LogP contribution in [-0.2, 0) is 0 Å². The summed E-state index contributed by atoms with van der Waals surface area (Å²) in [4.78, 5) is 9.09. The van der Waals surface area contributed by atoms with Crippen LogP contribution in [0.5, 0.6) is 0 Å². The standard InChI is InChI=1S/C20H11N3O/c1-2-6-15-14(4-1)17-16(24-15)8-7-13-12-5-3-9-21-18(12)20-22-10-11-23(20)19(13)17/h1-11H. The number of fused-ring (bicyclic) bond motifs is 10. The number of para-hydroxylation sites is 1. The van der Waals surface area contributed by atoms with Gasteiger partial charge in [0.1, 0.15) is 16.7 Å². The Labute approximate surface area is 136 Å². The molecule has 0 spiro atoms. The highest BCUT2D eigenvalue weighted by Gasteiger charge is 2.16. The second-order valence-electron chi connectivity index (χ2n) is 5.95. The molecule has 0 N–H and O–H groups in total. The molecule has 0 aliphatic heterocycles. The van der Waals surface area contributed by atoms with E-state index in [9.17, 15) is 0 Å². The van der Waals surface area contributed by atoms with Crippen LogP contribution >= 0.6 is 0 Å². The Morgan fingerprint density at radius 2 is 1.67 bits per heavy atom. The van der Waals surface area contributed by atoms with Gasteiger partial charge in [-0.3, -0.25) is 9.38 Å². The van der Waals surface area contributed by atoms with Gasteiger partial charge >= 0.3 is 0 Å². The number of imidazole rings is 1. The highest BCUT2D eigenvalue weighted by Crippen LogP contribution is 2.37. The van der Waals surface area contributed by atoms with Gasteiger partial charge in [0.25, 0.3) is 0 Å². The molecule has 0 unspecified atom stereocenters. The van der Waals surface area contributed by atoms with E-state index in [2.05, 4.69) is 32.6 Å². The van der Waals surface area contributed by atoms with Crippen molar-refractivity contribution < 1.29 is 4.42 Å². The summed E-state index contributed by atoms with van der Waals surface area (Å²) in [5, 5.41) is 4.51. The van der Waals surface area contributed by atoms with Crippen molar-refractivity contribution in [2.24, 2.45) is 0 Å². The van der Waals surface area contributed by atoms with Crippen molar-refractivity contribution in [3.8, 4) is 0 Å². The van der Waals surface area contributed by atoms with Crippen LogP contribution in [0.15, 0.2) is 71.5 Å². The minimum atomic E-state index is 0.871. The van der Waals surface area contributed by atoms with Gasteiger partial charge in [-0.2, -0.15) is 0 Å². The van der Waals surface area contributed by atoms with E-state index < -0.39 is 0 Å². The van der Waals surface area contributed by atoms with Gasteiger partial charge in [-0.1, -0.05) is 24.3 Å². The van der Waals surface area contributed by atoms with E-state index in [1.165, 1.54) is 0 Å². The van der Waals surface area contributed by atoms with E-state index in [-0.39, 0.29) is 0 Å². The van der Waals surface area contributed by atoms with E-state index in [1.807, 2.05) is 48.9 Å². The van der Waals surface area contributed by atoms with Gasteiger partial charge in [0, 0.05) is 34.7 Å². The van der Waals surface area contributed by atoms with Crippen molar-refractivity contribution >= 4 is 49.4 Å². The van der Waals surface area contributed by atoms with Crippen LogP contribution in [0, 0.1) is 0 Å². The second-order valence-corrected chi connectivity index (χ2v) is 5.95. The summed E-state index contributed by atoms with van der Waals surface area (Å²) in [5.74, 6) is 0. The third kappa shape index (κ3) is 1.34. The molecular formula is C20H11N3O. The number of hydrogen-bond donors (Lipinski definition) is 0. The monoisotopic (exact) mass is 309 g/mol. The summed E-state index contributed by atoms with van der Waals surface area (Å²) in [6, 6.07) is 16.4. The molecule has 4 aromatic heterocycles. The van der Waals surface area contributed by atoms with Crippen molar-refractivity contribution in [3.63, 3.8) is 0 Å². The normalized spacial score (nSPS) is 12.2. The lowest BCUT2D eigenvalue weighted by atomic mass is 10.0. The smallest absolute Gasteiger partial charge is 0.163 e. The van der Waals surface area contributed by atoms with Gasteiger partial charge < -0.3 is 4.42 Å². The van der Waals surface area contributed by atoms with Gasteiger partial charge in [-0.15, -0.1) is 0 Å². The molecular weight excluding hydrogens is 298 g/mol. The summed E-state index contributed by atoms with van der Waals surface area (Å²) in [6.07, 6.45) is 5.63. The zero-order valence-corrected chi connectivity index (χ0v) is 12.6. The fraction of sp³-hybridized carbons (Fsp3) is 0. The molecule has 4 nitrogen and oxygen atoms in total. The maximum absolute atomic E-state index is 6.05. The fourth-order valence-electron chi connectivity index (χ4n) is 3.73. The number of benzene rings is 2. The molecule has 0 atom stereocenters. The summed E-state index contributed by atoms with van der Waals surface area (Å²) < 4.78 is 8.17. The van der Waals surface area contributed by atoms with Gasteiger partial charge in [0.15, 0.2) is 5.65 Å². The maximum atomic E-state index is 6.05. The number of aromatic nitrogens is 3. The lowest BCUT2D eigenvalue weighted by molar-refractivity contribution is 0.669. The molecule has 0 bridgehead atoms. The van der Waals surface area contributed by atoms with Crippen LogP contribution in [0.4, 0.5) is 0 Å². The summed E-state index contributed by atoms with van der Waals surface area (Å²) >= 11 is 0. The van der Waals surface area contributed by atoms with Gasteiger partial charge in [-0.05, 0) is 24.3 Å². The molecule has 4 heterocycles. The molecule has 112 valence electrons. The highest BCUT2D eigenvalue weighted by atomic mass is 16.3. The summed E-state index contributed by atoms with van der Waals surface area (Å²) in [7, 11) is 0. The van der Waals surface area contributed by atoms with Crippen LogP contribution in [0.25, 0.3) is 49.4 Å². The third-order valence-electron chi connectivity index (χ3n) is 4.71. The van der Waals surface area contributed by atoms with Crippen molar-refractivity contribution in [1.82, 2.24) is 14.4 Å². The first kappa shape index (κ1) is 12.1. The fourth-order valence-corrected chi connectivity index (χ4v) is 3.73. The highest BCUT2D eigenvalue weighted by molar-refractivity contribution is 6.23. The van der Waals surface area contributed by atoms with Crippen LogP contribution in [0.2, 0.25) is 0 Å². The number of nitrogens with zero attached hydrogens (tertiary/aromatic N) is 3. The number of rotatable bonds is 0. The molecule has 0 aliphatic carbocycles. The molecule has 2 aromatic carbocycles. The molecule has 0 radical (unpaired) electrons. The minimum Gasteiger partial charge on any atom is -0.456 e. The van der Waals surface area contributed by atoms with E-state index in [1.54, 1.807) is 0 Å². The van der Waals surface area contributed by atoms with E-state index in [4.69, 9.17) is 4.42 Å². The second kappa shape index (κ2) is 4.11. The van der Waals surface area contributed by atoms with Crippen LogP contribution in [-0.4, -0.2) is 14.4 Å². The summed E-state index contributed by atoms with van der Waals surface area (Å²) in [5.41, 5.74) is 4.70. The average molecular weight is 309 g/mol. The lowest BCUT2D eigenvalue weighted by Crippen LogP contribution is -1.92. The topological polar surface area (TPSA) is 43.3 Å². The number of furan rings is 1. The molecule has 6 aromatic rings. The van der Waals surface area contributed by atoms with Crippen molar-refractivity contribution in [3.05, 3.63) is 67.1 Å².